The summed E-state index contributed by atoms with van der Waals surface area (Å²) in [5.41, 5.74) is 3.32. The Morgan fingerprint density at radius 3 is 1.54 bits per heavy atom. The van der Waals surface area contributed by atoms with Crippen molar-refractivity contribution in [2.24, 2.45) is 0 Å². The third-order valence-corrected chi connectivity index (χ3v) is 5.46. The molecule has 0 bridgehead atoms. The lowest BCUT2D eigenvalue weighted by Crippen LogP contribution is -2.14. The van der Waals surface area contributed by atoms with Gasteiger partial charge in [0, 0.05) is 15.5 Å². The third kappa shape index (κ3) is 2.84. The van der Waals surface area contributed by atoms with E-state index in [2.05, 4.69) is 41.3 Å². The van der Waals surface area contributed by atoms with Crippen molar-refractivity contribution in [2.75, 3.05) is 26.2 Å². The van der Waals surface area contributed by atoms with Crippen molar-refractivity contribution in [1.82, 2.24) is 0 Å². The van der Waals surface area contributed by atoms with E-state index in [0.717, 1.165) is 44.1 Å². The Labute approximate surface area is 157 Å². The van der Waals surface area contributed by atoms with Crippen molar-refractivity contribution >= 4 is 28.8 Å². The van der Waals surface area contributed by atoms with E-state index in [4.69, 9.17) is 14.2 Å². The number of nitrogens with zero attached hydrogens (tertiary/aromatic N) is 1. The maximum Gasteiger partial charge on any atom is 0.120 e. The van der Waals surface area contributed by atoms with E-state index in [1.54, 1.807) is 33.1 Å². The molecule has 4 rings (SSSR count). The number of rotatable bonds is 4. The fourth-order valence-corrected chi connectivity index (χ4v) is 4.15. The number of ether oxygens (including phenoxy) is 3. The normalized spacial score (nSPS) is 12.2. The largest absolute Gasteiger partial charge is 0.497 e. The van der Waals surface area contributed by atoms with Gasteiger partial charge in [-0.1, -0.05) is 11.8 Å². The Morgan fingerprint density at radius 2 is 1.08 bits per heavy atom. The predicted octanol–water partition coefficient (Wildman–Crippen LogP) is 5.65. The Balaban J connectivity index is 1.88. The molecule has 0 spiro atoms. The highest BCUT2D eigenvalue weighted by Crippen LogP contribution is 2.53. The summed E-state index contributed by atoms with van der Waals surface area (Å²) in [5.74, 6) is 2.53. The monoisotopic (exact) mass is 365 g/mol. The van der Waals surface area contributed by atoms with Crippen LogP contribution in [0.3, 0.4) is 0 Å². The van der Waals surface area contributed by atoms with Gasteiger partial charge in [-0.2, -0.15) is 0 Å². The second-order valence-electron chi connectivity index (χ2n) is 5.80. The van der Waals surface area contributed by atoms with Gasteiger partial charge in [0.15, 0.2) is 0 Å². The van der Waals surface area contributed by atoms with E-state index in [1.807, 2.05) is 24.3 Å². The molecule has 3 aromatic rings. The average molecular weight is 365 g/mol. The number of fused-ring (bicyclic) bond motifs is 2. The molecule has 1 aliphatic heterocycles. The number of hydrogen-bond donors (Lipinski definition) is 0. The first-order valence-corrected chi connectivity index (χ1v) is 9.03. The van der Waals surface area contributed by atoms with Crippen LogP contribution in [0.25, 0.3) is 0 Å². The number of hydrogen-bond acceptors (Lipinski definition) is 5. The van der Waals surface area contributed by atoms with E-state index >= 15 is 0 Å². The van der Waals surface area contributed by atoms with Crippen LogP contribution >= 0.6 is 11.8 Å². The molecule has 1 aliphatic rings. The van der Waals surface area contributed by atoms with Crippen LogP contribution in [0.2, 0.25) is 0 Å². The van der Waals surface area contributed by atoms with Crippen molar-refractivity contribution in [1.29, 1.82) is 0 Å². The van der Waals surface area contributed by atoms with Crippen molar-refractivity contribution in [3.05, 3.63) is 60.7 Å². The SMILES string of the molecule is COc1ccc(N2c3ccc(OC)cc3Sc3cc(OC)ccc32)cc1. The average Bonchev–Trinajstić information content (AvgIpc) is 2.71. The molecule has 0 radical (unpaired) electrons. The molecule has 0 aromatic heterocycles. The zero-order chi connectivity index (χ0) is 18.1. The number of methoxy groups -OCH3 is 3. The molecular weight excluding hydrogens is 346 g/mol. The van der Waals surface area contributed by atoms with Gasteiger partial charge in [-0.3, -0.25) is 0 Å². The van der Waals surface area contributed by atoms with Crippen LogP contribution in [0.1, 0.15) is 0 Å². The van der Waals surface area contributed by atoms with Gasteiger partial charge in [0.05, 0.1) is 32.7 Å². The molecule has 0 atom stereocenters. The van der Waals surface area contributed by atoms with Crippen molar-refractivity contribution in [3.8, 4) is 17.2 Å². The molecule has 0 unspecified atom stereocenters. The summed E-state index contributed by atoms with van der Waals surface area (Å²) >= 11 is 1.72. The van der Waals surface area contributed by atoms with Crippen LogP contribution in [-0.2, 0) is 0 Å². The lowest BCUT2D eigenvalue weighted by atomic mass is 10.1. The van der Waals surface area contributed by atoms with Gasteiger partial charge in [0.25, 0.3) is 0 Å². The van der Waals surface area contributed by atoms with Gasteiger partial charge in [-0.15, -0.1) is 0 Å². The van der Waals surface area contributed by atoms with Gasteiger partial charge in [0.2, 0.25) is 0 Å². The highest BCUT2D eigenvalue weighted by molar-refractivity contribution is 7.99. The number of benzene rings is 3. The Kier molecular flexibility index (Phi) is 4.39. The Hall–Kier alpha value is -2.79. The van der Waals surface area contributed by atoms with Gasteiger partial charge < -0.3 is 19.1 Å². The molecule has 1 heterocycles. The van der Waals surface area contributed by atoms with Crippen molar-refractivity contribution < 1.29 is 14.2 Å². The zero-order valence-electron chi connectivity index (χ0n) is 14.9. The van der Waals surface area contributed by atoms with Gasteiger partial charge >= 0.3 is 0 Å². The van der Waals surface area contributed by atoms with E-state index in [-0.39, 0.29) is 0 Å². The Morgan fingerprint density at radius 1 is 0.615 bits per heavy atom. The highest BCUT2D eigenvalue weighted by atomic mass is 32.2. The molecule has 0 aliphatic carbocycles. The quantitative estimate of drug-likeness (QED) is 0.467. The summed E-state index contributed by atoms with van der Waals surface area (Å²) in [5, 5.41) is 0. The summed E-state index contributed by atoms with van der Waals surface area (Å²) < 4.78 is 16.1. The molecule has 0 saturated heterocycles. The molecule has 0 amide bonds. The summed E-state index contributed by atoms with van der Waals surface area (Å²) in [6.07, 6.45) is 0. The van der Waals surface area contributed by atoms with E-state index < -0.39 is 0 Å². The van der Waals surface area contributed by atoms with Crippen molar-refractivity contribution in [2.45, 2.75) is 9.79 Å². The van der Waals surface area contributed by atoms with E-state index in [1.165, 1.54) is 0 Å². The molecular formula is C21H19NO3S. The lowest BCUT2D eigenvalue weighted by Gasteiger charge is -2.33. The fraction of sp³-hybridized carbons (Fsp3) is 0.143. The molecule has 0 saturated carbocycles. The highest BCUT2D eigenvalue weighted by Gasteiger charge is 2.25. The minimum atomic E-state index is 0.838. The molecule has 132 valence electrons. The lowest BCUT2D eigenvalue weighted by molar-refractivity contribution is 0.413. The first-order valence-electron chi connectivity index (χ1n) is 8.21. The zero-order valence-corrected chi connectivity index (χ0v) is 15.7. The van der Waals surface area contributed by atoms with Crippen LogP contribution in [0.5, 0.6) is 17.2 Å². The van der Waals surface area contributed by atoms with Crippen LogP contribution in [0, 0.1) is 0 Å². The summed E-state index contributed by atoms with van der Waals surface area (Å²) in [4.78, 5) is 4.53. The summed E-state index contributed by atoms with van der Waals surface area (Å²) in [7, 11) is 5.05. The van der Waals surface area contributed by atoms with E-state index in [0.29, 0.717) is 0 Å². The maximum absolute atomic E-state index is 5.41. The van der Waals surface area contributed by atoms with E-state index in [9.17, 15) is 0 Å². The second kappa shape index (κ2) is 6.84. The standard InChI is InChI=1S/C21H19NO3S/c1-23-15-6-4-14(5-7-15)22-18-10-8-16(24-2)12-20(18)26-21-13-17(25-3)9-11-19(21)22/h4-13H,1-3H3. The molecule has 0 fully saturated rings. The molecule has 26 heavy (non-hydrogen) atoms. The van der Waals surface area contributed by atoms with Gasteiger partial charge in [-0.25, -0.2) is 0 Å². The number of anilines is 3. The first kappa shape index (κ1) is 16.7. The van der Waals surface area contributed by atoms with Crippen LogP contribution < -0.4 is 19.1 Å². The minimum absolute atomic E-state index is 0.838. The fourth-order valence-electron chi connectivity index (χ4n) is 3.03. The second-order valence-corrected chi connectivity index (χ2v) is 6.89. The minimum Gasteiger partial charge on any atom is -0.497 e. The summed E-state index contributed by atoms with van der Waals surface area (Å²) in [6.45, 7) is 0. The molecule has 3 aromatic carbocycles. The third-order valence-electron chi connectivity index (χ3n) is 4.37. The topological polar surface area (TPSA) is 30.9 Å². The van der Waals surface area contributed by atoms with Crippen molar-refractivity contribution in [3.63, 3.8) is 0 Å². The van der Waals surface area contributed by atoms with Crippen LogP contribution in [0.4, 0.5) is 17.1 Å². The van der Waals surface area contributed by atoms with Crippen LogP contribution in [-0.4, -0.2) is 21.3 Å². The summed E-state index contributed by atoms with van der Waals surface area (Å²) in [6, 6.07) is 20.4. The van der Waals surface area contributed by atoms with Gasteiger partial charge in [0.1, 0.15) is 17.2 Å². The maximum atomic E-state index is 5.41. The predicted molar refractivity (Wildman–Crippen MR) is 105 cm³/mol. The van der Waals surface area contributed by atoms with Gasteiger partial charge in [-0.05, 0) is 60.7 Å². The molecule has 0 N–H and O–H groups in total. The molecule has 4 nitrogen and oxygen atoms in total. The smallest absolute Gasteiger partial charge is 0.120 e. The first-order chi connectivity index (χ1) is 12.7. The molecule has 5 heteroatoms. The Bertz CT molecular complexity index is 887. The van der Waals surface area contributed by atoms with Crippen LogP contribution in [0.15, 0.2) is 70.5 Å².